The molecule has 1 saturated carbocycles. The Bertz CT molecular complexity index is 1820. The fraction of sp³-hybridized carbons (Fsp3) is 0.192. The van der Waals surface area contributed by atoms with E-state index in [9.17, 15) is 40.0 Å². The van der Waals surface area contributed by atoms with Crippen molar-refractivity contribution in [3.05, 3.63) is 99.6 Å². The highest BCUT2D eigenvalue weighted by Crippen LogP contribution is 2.39. The average molecular weight is 580 g/mol. The smallest absolute Gasteiger partial charge is 0.420 e. The van der Waals surface area contributed by atoms with Crippen molar-refractivity contribution < 1.29 is 39.9 Å². The van der Waals surface area contributed by atoms with Gasteiger partial charge in [-0.2, -0.15) is 18.2 Å². The van der Waals surface area contributed by atoms with E-state index >= 15 is 0 Å². The Balaban J connectivity index is 1.46. The first-order chi connectivity index (χ1) is 18.8. The zero-order chi connectivity index (χ0) is 28.8. The number of benzene rings is 3. The maximum atomic E-state index is 14.2. The highest BCUT2D eigenvalue weighted by molar-refractivity contribution is 7.91. The molecule has 208 valence electrons. The lowest BCUT2D eigenvalue weighted by Gasteiger charge is -2.16. The van der Waals surface area contributed by atoms with Gasteiger partial charge in [-0.15, -0.1) is 0 Å². The zero-order valence-electron chi connectivity index (χ0n) is 20.2. The number of sulfonamides is 1. The van der Waals surface area contributed by atoms with Crippen LogP contribution >= 0.6 is 0 Å². The van der Waals surface area contributed by atoms with Crippen LogP contribution in [0.3, 0.4) is 0 Å². The molecule has 4 aromatic rings. The number of halogens is 5. The second kappa shape index (κ2) is 10.0. The van der Waals surface area contributed by atoms with Crippen LogP contribution in [0, 0.1) is 11.6 Å². The zero-order valence-corrected chi connectivity index (χ0v) is 21.0. The summed E-state index contributed by atoms with van der Waals surface area (Å²) in [6.07, 6.45) is -3.11. The molecule has 0 aliphatic heterocycles. The molecular formula is C26H18F5N3O5S. The lowest BCUT2D eigenvalue weighted by atomic mass is 10.1. The number of hydrogen-bond acceptors (Lipinski definition) is 6. The van der Waals surface area contributed by atoms with Gasteiger partial charge in [0.15, 0.2) is 0 Å². The van der Waals surface area contributed by atoms with E-state index in [0.717, 1.165) is 30.6 Å². The Morgan fingerprint density at radius 3 is 2.48 bits per heavy atom. The summed E-state index contributed by atoms with van der Waals surface area (Å²) in [6, 6.07) is 9.14. The molecule has 1 aliphatic carbocycles. The number of nitrogens with zero attached hydrogens (tertiary/aromatic N) is 2. The number of aromatic nitrogens is 2. The molecule has 1 heterocycles. The van der Waals surface area contributed by atoms with E-state index in [1.54, 1.807) is 4.72 Å². The summed E-state index contributed by atoms with van der Waals surface area (Å²) in [5.74, 6) is -3.66. The average Bonchev–Trinajstić information content (AvgIpc) is 3.73. The lowest BCUT2D eigenvalue weighted by Crippen LogP contribution is -2.33. The summed E-state index contributed by atoms with van der Waals surface area (Å²) in [5, 5.41) is -0.791. The molecule has 0 radical (unpaired) electrons. The van der Waals surface area contributed by atoms with Crippen LogP contribution in [0.15, 0.2) is 65.7 Å². The highest BCUT2D eigenvalue weighted by Gasteiger charge is 2.38. The first-order valence-corrected chi connectivity index (χ1v) is 13.2. The van der Waals surface area contributed by atoms with Gasteiger partial charge in [0.1, 0.15) is 23.1 Å². The largest absolute Gasteiger partial charge is 0.457 e. The summed E-state index contributed by atoms with van der Waals surface area (Å²) in [5.41, 5.74) is -2.24. The van der Waals surface area contributed by atoms with Crippen molar-refractivity contribution in [2.24, 2.45) is 0 Å². The first kappa shape index (κ1) is 27.2. The molecule has 5 rings (SSSR count). The molecule has 40 heavy (non-hydrogen) atoms. The summed E-state index contributed by atoms with van der Waals surface area (Å²) in [4.78, 5) is 28.5. The number of fused-ring (bicyclic) bond motifs is 1. The van der Waals surface area contributed by atoms with Crippen LogP contribution < -0.4 is 15.0 Å². The van der Waals surface area contributed by atoms with Gasteiger partial charge in [0.05, 0.1) is 34.6 Å². The van der Waals surface area contributed by atoms with Gasteiger partial charge < -0.3 is 9.30 Å². The van der Waals surface area contributed by atoms with Gasteiger partial charge >= 0.3 is 6.18 Å². The summed E-state index contributed by atoms with van der Waals surface area (Å²) < 4.78 is 102. The van der Waals surface area contributed by atoms with Crippen molar-refractivity contribution in [3.8, 4) is 11.5 Å². The maximum Gasteiger partial charge on any atom is 0.420 e. The summed E-state index contributed by atoms with van der Waals surface area (Å²) >= 11 is 0. The molecule has 1 fully saturated rings. The molecule has 3 aromatic carbocycles. The molecule has 14 heteroatoms. The summed E-state index contributed by atoms with van der Waals surface area (Å²) in [6.45, 7) is -0.117. The van der Waals surface area contributed by atoms with E-state index in [1.807, 2.05) is 0 Å². The second-order valence-corrected chi connectivity index (χ2v) is 11.0. The minimum absolute atomic E-state index is 0.0441. The van der Waals surface area contributed by atoms with E-state index < -0.39 is 61.4 Å². The maximum absolute atomic E-state index is 14.2. The van der Waals surface area contributed by atoms with Crippen molar-refractivity contribution >= 4 is 26.8 Å². The quantitative estimate of drug-likeness (QED) is 0.317. The SMILES string of the molecule is O=C(NS(=O)(=O)C1CC1)c1ccc(Oc2ccc3c(c2)c(=O)ncn3Cc2ccc(F)cc2F)c(C(F)(F)F)c1. The van der Waals surface area contributed by atoms with Crippen LogP contribution in [0.2, 0.25) is 0 Å². The Morgan fingerprint density at radius 1 is 1.05 bits per heavy atom. The normalized spacial score (nSPS) is 13.8. The molecule has 0 saturated heterocycles. The predicted octanol–water partition coefficient (Wildman–Crippen LogP) is 4.76. The molecule has 0 spiro atoms. The van der Waals surface area contributed by atoms with Gasteiger partial charge in [-0.05, 0) is 55.3 Å². The first-order valence-electron chi connectivity index (χ1n) is 11.7. The molecule has 8 nitrogen and oxygen atoms in total. The molecule has 1 N–H and O–H groups in total. The number of rotatable bonds is 7. The molecule has 1 amide bonds. The van der Waals surface area contributed by atoms with Crippen molar-refractivity contribution in [1.82, 2.24) is 14.3 Å². The van der Waals surface area contributed by atoms with Gasteiger partial charge in [0.2, 0.25) is 10.0 Å². The molecule has 0 bridgehead atoms. The Kier molecular flexibility index (Phi) is 6.82. The van der Waals surface area contributed by atoms with E-state index in [2.05, 4.69) is 4.98 Å². The van der Waals surface area contributed by atoms with E-state index in [4.69, 9.17) is 4.74 Å². The summed E-state index contributed by atoms with van der Waals surface area (Å²) in [7, 11) is -3.98. The number of carbonyl (C=O) groups excluding carboxylic acids is 1. The van der Waals surface area contributed by atoms with E-state index in [0.29, 0.717) is 25.0 Å². The number of alkyl halides is 3. The fourth-order valence-electron chi connectivity index (χ4n) is 3.97. The van der Waals surface area contributed by atoms with Crippen molar-refractivity contribution in [2.75, 3.05) is 0 Å². The van der Waals surface area contributed by atoms with Crippen LogP contribution in [0.25, 0.3) is 10.9 Å². The Morgan fingerprint density at radius 2 is 1.80 bits per heavy atom. The van der Waals surface area contributed by atoms with Crippen LogP contribution in [0.1, 0.15) is 34.3 Å². The highest BCUT2D eigenvalue weighted by atomic mass is 32.2. The van der Waals surface area contributed by atoms with Crippen LogP contribution in [0.5, 0.6) is 11.5 Å². The molecule has 0 unspecified atom stereocenters. The van der Waals surface area contributed by atoms with Gasteiger partial charge in [-0.3, -0.25) is 9.59 Å². The van der Waals surface area contributed by atoms with Crippen LogP contribution in [-0.4, -0.2) is 29.1 Å². The lowest BCUT2D eigenvalue weighted by molar-refractivity contribution is -0.138. The van der Waals surface area contributed by atoms with Crippen molar-refractivity contribution in [2.45, 2.75) is 30.8 Å². The van der Waals surface area contributed by atoms with E-state index in [1.165, 1.54) is 22.8 Å². The van der Waals surface area contributed by atoms with Gasteiger partial charge in [0.25, 0.3) is 11.5 Å². The number of amides is 1. The number of nitrogens with one attached hydrogen (secondary N) is 1. The van der Waals surface area contributed by atoms with E-state index in [-0.39, 0.29) is 28.8 Å². The monoisotopic (exact) mass is 579 g/mol. The fourth-order valence-corrected chi connectivity index (χ4v) is 5.27. The third-order valence-electron chi connectivity index (χ3n) is 6.15. The minimum atomic E-state index is -4.98. The van der Waals surface area contributed by atoms with Crippen molar-refractivity contribution in [1.29, 1.82) is 0 Å². The minimum Gasteiger partial charge on any atom is -0.457 e. The van der Waals surface area contributed by atoms with Crippen LogP contribution in [0.4, 0.5) is 22.0 Å². The van der Waals surface area contributed by atoms with Crippen molar-refractivity contribution in [3.63, 3.8) is 0 Å². The Labute approximate surface area is 223 Å². The molecule has 1 aliphatic rings. The third-order valence-corrected chi connectivity index (χ3v) is 7.97. The molecule has 1 aromatic heterocycles. The molecule has 0 atom stereocenters. The van der Waals surface area contributed by atoms with Gasteiger partial charge in [-0.1, -0.05) is 6.07 Å². The Hall–Kier alpha value is -4.33. The number of hydrogen-bond donors (Lipinski definition) is 1. The van der Waals surface area contributed by atoms with Gasteiger partial charge in [0, 0.05) is 17.2 Å². The predicted molar refractivity (Wildman–Crippen MR) is 132 cm³/mol. The topological polar surface area (TPSA) is 107 Å². The van der Waals surface area contributed by atoms with Crippen LogP contribution in [-0.2, 0) is 22.7 Å². The van der Waals surface area contributed by atoms with Gasteiger partial charge in [-0.25, -0.2) is 21.9 Å². The third kappa shape index (κ3) is 5.66. The standard InChI is InChI=1S/C26H18F5N3O5S/c27-16-3-1-15(21(28)10-16)12-34-13-32-25(36)19-11-17(4-7-22(19)34)39-23-8-2-14(9-20(23)26(29,30)31)24(35)33-40(37,38)18-5-6-18/h1-4,7-11,13,18H,5-6,12H2,(H,33,35). The molecular weight excluding hydrogens is 561 g/mol. The number of carbonyl (C=O) groups is 1. The number of ether oxygens (including phenoxy) is 1. The second-order valence-electron chi connectivity index (χ2n) is 9.08.